The lowest BCUT2D eigenvalue weighted by Gasteiger charge is -2.23. The van der Waals surface area contributed by atoms with E-state index in [9.17, 15) is 22.8 Å². The summed E-state index contributed by atoms with van der Waals surface area (Å²) in [5.41, 5.74) is 4.23. The molecule has 12 heteroatoms. The number of benzene rings is 2. The van der Waals surface area contributed by atoms with E-state index in [1.165, 1.54) is 18.2 Å². The first-order chi connectivity index (χ1) is 15.3. The number of nitrogens with two attached hydrogens (primary N) is 1. The fourth-order valence-electron chi connectivity index (χ4n) is 2.76. The average molecular weight is 554 g/mol. The van der Waals surface area contributed by atoms with Gasteiger partial charge in [0.15, 0.2) is 0 Å². The van der Waals surface area contributed by atoms with Crippen LogP contribution in [0.3, 0.4) is 0 Å². The highest BCUT2D eigenvalue weighted by molar-refractivity contribution is 9.10. The Kier molecular flexibility index (Phi) is 9.69. The summed E-state index contributed by atoms with van der Waals surface area (Å²) >= 11 is 3.37. The monoisotopic (exact) mass is 553 g/mol. The molecule has 0 amide bonds. The van der Waals surface area contributed by atoms with E-state index in [0.29, 0.717) is 12.8 Å². The summed E-state index contributed by atoms with van der Waals surface area (Å²) < 4.78 is 62.1. The number of phosphoric acid groups is 1. The van der Waals surface area contributed by atoms with Gasteiger partial charge in [0.1, 0.15) is 5.75 Å². The van der Waals surface area contributed by atoms with E-state index < -0.39 is 38.3 Å². The minimum absolute atomic E-state index is 0.0842. The van der Waals surface area contributed by atoms with Crippen molar-refractivity contribution in [3.05, 3.63) is 69.7 Å². The predicted octanol–water partition coefficient (Wildman–Crippen LogP) is 4.29. The summed E-state index contributed by atoms with van der Waals surface area (Å²) in [5.74, 6) is -0.320. The summed E-state index contributed by atoms with van der Waals surface area (Å²) in [7, 11) is -4.84. The van der Waals surface area contributed by atoms with Crippen LogP contribution in [0, 0.1) is 0 Å². The van der Waals surface area contributed by atoms with Gasteiger partial charge in [0.2, 0.25) is 0 Å². The lowest BCUT2D eigenvalue weighted by Crippen LogP contribution is -2.45. The van der Waals surface area contributed by atoms with Crippen molar-refractivity contribution in [2.75, 3.05) is 19.8 Å². The largest absolute Gasteiger partial charge is 0.493 e. The number of ether oxygens (including phenoxy) is 1. The molecule has 0 heterocycles. The van der Waals surface area contributed by atoms with Crippen molar-refractivity contribution < 1.29 is 41.9 Å². The average Bonchev–Trinajstić information content (AvgIpc) is 2.73. The Morgan fingerprint density at radius 3 is 2.48 bits per heavy atom. The molecular formula is C21H24BrF3NO6P. The number of hydrogen-bond donors (Lipinski definition) is 4. The predicted molar refractivity (Wildman–Crippen MR) is 120 cm³/mol. The Hall–Kier alpha value is -1.72. The van der Waals surface area contributed by atoms with E-state index in [4.69, 9.17) is 20.3 Å². The van der Waals surface area contributed by atoms with Gasteiger partial charge in [-0.05, 0) is 48.2 Å². The quantitative estimate of drug-likeness (QED) is 0.242. The molecule has 0 aliphatic carbocycles. The van der Waals surface area contributed by atoms with E-state index >= 15 is 0 Å². The highest BCUT2D eigenvalue weighted by atomic mass is 79.9. The SMILES string of the molecule is NC(/C=C/c1ccc(OCCCc2cccc(Br)c2)c(C(F)(F)F)c1)(CO)COP(=O)(O)O. The van der Waals surface area contributed by atoms with Gasteiger partial charge in [-0.25, -0.2) is 4.57 Å². The number of rotatable bonds is 11. The second-order valence-electron chi connectivity index (χ2n) is 7.32. The zero-order valence-electron chi connectivity index (χ0n) is 17.3. The minimum Gasteiger partial charge on any atom is -0.493 e. The maximum atomic E-state index is 13.6. The second-order valence-corrected chi connectivity index (χ2v) is 9.48. The number of aliphatic hydroxyl groups excluding tert-OH is 1. The van der Waals surface area contributed by atoms with Gasteiger partial charge >= 0.3 is 14.0 Å². The van der Waals surface area contributed by atoms with E-state index in [-0.39, 0.29) is 17.9 Å². The van der Waals surface area contributed by atoms with Gasteiger partial charge in [0, 0.05) is 4.47 Å². The zero-order valence-corrected chi connectivity index (χ0v) is 19.8. The molecular weight excluding hydrogens is 530 g/mol. The molecule has 2 rings (SSSR count). The van der Waals surface area contributed by atoms with Gasteiger partial charge in [-0.15, -0.1) is 0 Å². The topological polar surface area (TPSA) is 122 Å². The first-order valence-electron chi connectivity index (χ1n) is 9.69. The van der Waals surface area contributed by atoms with E-state index in [1.807, 2.05) is 24.3 Å². The molecule has 0 bridgehead atoms. The van der Waals surface area contributed by atoms with Crippen LogP contribution < -0.4 is 10.5 Å². The van der Waals surface area contributed by atoms with Crippen LogP contribution in [0.5, 0.6) is 5.75 Å². The van der Waals surface area contributed by atoms with Crippen LogP contribution in [0.15, 0.2) is 53.0 Å². The lowest BCUT2D eigenvalue weighted by atomic mass is 10.0. The van der Waals surface area contributed by atoms with Crippen LogP contribution >= 0.6 is 23.8 Å². The molecule has 0 radical (unpaired) electrons. The lowest BCUT2D eigenvalue weighted by molar-refractivity contribution is -0.139. The molecule has 0 spiro atoms. The molecule has 0 aliphatic heterocycles. The Balaban J connectivity index is 2.10. The smallest absolute Gasteiger partial charge is 0.469 e. The fourth-order valence-corrected chi connectivity index (χ4v) is 3.62. The molecule has 182 valence electrons. The number of aliphatic hydroxyl groups is 1. The molecule has 1 unspecified atom stereocenters. The van der Waals surface area contributed by atoms with Crippen LogP contribution in [-0.4, -0.2) is 40.3 Å². The van der Waals surface area contributed by atoms with Crippen molar-refractivity contribution in [3.8, 4) is 5.75 Å². The van der Waals surface area contributed by atoms with E-state index in [2.05, 4.69) is 20.5 Å². The third-order valence-electron chi connectivity index (χ3n) is 4.47. The fraction of sp³-hybridized carbons (Fsp3) is 0.333. The zero-order chi connectivity index (χ0) is 24.7. The van der Waals surface area contributed by atoms with Gasteiger partial charge in [-0.2, -0.15) is 13.2 Å². The second kappa shape index (κ2) is 11.6. The minimum atomic E-state index is -4.84. The number of hydrogen-bond acceptors (Lipinski definition) is 5. The molecule has 5 N–H and O–H groups in total. The highest BCUT2D eigenvalue weighted by Gasteiger charge is 2.34. The molecule has 2 aromatic carbocycles. The first kappa shape index (κ1) is 27.5. The molecule has 0 aliphatic rings. The molecule has 0 saturated carbocycles. The standard InChI is InChI=1S/C21H24BrF3NO6P/c22-17-5-1-3-15(11-17)4-2-10-31-19-7-6-16(12-18(19)21(23,24)25)8-9-20(26,13-27)14-32-33(28,29)30/h1,3,5-9,11-12,27H,2,4,10,13-14,26H2,(H2,28,29,30)/b9-8+. The molecule has 1 atom stereocenters. The number of halogens is 4. The first-order valence-corrected chi connectivity index (χ1v) is 12.0. The third-order valence-corrected chi connectivity index (χ3v) is 5.43. The number of phosphoric ester groups is 1. The van der Waals surface area contributed by atoms with Crippen molar-refractivity contribution in [1.82, 2.24) is 0 Å². The molecule has 0 aromatic heterocycles. The Labute approximate surface area is 197 Å². The van der Waals surface area contributed by atoms with Crippen LogP contribution in [0.2, 0.25) is 0 Å². The van der Waals surface area contributed by atoms with E-state index in [1.54, 1.807) is 0 Å². The van der Waals surface area contributed by atoms with Gasteiger partial charge in [0.25, 0.3) is 0 Å². The van der Waals surface area contributed by atoms with Gasteiger partial charge in [0.05, 0.1) is 30.9 Å². The van der Waals surface area contributed by atoms with Crippen LogP contribution in [0.25, 0.3) is 6.08 Å². The van der Waals surface area contributed by atoms with Crippen molar-refractivity contribution in [1.29, 1.82) is 0 Å². The maximum absolute atomic E-state index is 13.6. The Morgan fingerprint density at radius 2 is 1.88 bits per heavy atom. The summed E-state index contributed by atoms with van der Waals surface area (Å²) in [5, 5.41) is 9.39. The number of aryl methyl sites for hydroxylation is 1. The third kappa shape index (κ3) is 9.58. The highest BCUT2D eigenvalue weighted by Crippen LogP contribution is 2.38. The summed E-state index contributed by atoms with van der Waals surface area (Å²) in [6, 6.07) is 11.0. The summed E-state index contributed by atoms with van der Waals surface area (Å²) in [6.45, 7) is -1.41. The maximum Gasteiger partial charge on any atom is 0.469 e. The van der Waals surface area contributed by atoms with Gasteiger partial charge < -0.3 is 25.4 Å². The Morgan fingerprint density at radius 1 is 1.15 bits per heavy atom. The Bertz CT molecular complexity index is 1010. The molecule has 2 aromatic rings. The molecule has 7 nitrogen and oxygen atoms in total. The number of alkyl halides is 3. The van der Waals surface area contributed by atoms with Crippen molar-refractivity contribution >= 4 is 29.8 Å². The van der Waals surface area contributed by atoms with E-state index in [0.717, 1.165) is 22.2 Å². The molecule has 33 heavy (non-hydrogen) atoms. The van der Waals surface area contributed by atoms with Crippen LogP contribution in [0.4, 0.5) is 13.2 Å². The van der Waals surface area contributed by atoms with Crippen molar-refractivity contribution in [2.45, 2.75) is 24.6 Å². The van der Waals surface area contributed by atoms with Gasteiger partial charge in [-0.3, -0.25) is 4.52 Å². The van der Waals surface area contributed by atoms with Crippen molar-refractivity contribution in [2.24, 2.45) is 5.73 Å². The van der Waals surface area contributed by atoms with Gasteiger partial charge in [-0.1, -0.05) is 46.3 Å². The summed E-state index contributed by atoms with van der Waals surface area (Å²) in [4.78, 5) is 17.5. The van der Waals surface area contributed by atoms with Crippen LogP contribution in [0.1, 0.15) is 23.1 Å². The summed E-state index contributed by atoms with van der Waals surface area (Å²) in [6.07, 6.45) is -1.20. The molecule has 0 saturated heterocycles. The normalized spacial score (nSPS) is 14.4. The van der Waals surface area contributed by atoms with Crippen molar-refractivity contribution in [3.63, 3.8) is 0 Å². The van der Waals surface area contributed by atoms with Crippen LogP contribution in [-0.2, 0) is 21.7 Å². The molecule has 0 fully saturated rings.